The van der Waals surface area contributed by atoms with Gasteiger partial charge in [0.2, 0.25) is 0 Å². The molecule has 1 aliphatic rings. The Morgan fingerprint density at radius 3 is 2.87 bits per heavy atom. The van der Waals surface area contributed by atoms with Crippen LogP contribution in [0, 0.1) is 12.8 Å². The highest BCUT2D eigenvalue weighted by Gasteiger charge is 2.27. The molecule has 0 spiro atoms. The van der Waals surface area contributed by atoms with E-state index in [1.54, 1.807) is 0 Å². The van der Waals surface area contributed by atoms with Crippen LogP contribution in [-0.2, 0) is 6.42 Å². The fraction of sp³-hybridized carbons (Fsp3) is 0.571. The maximum Gasteiger partial charge on any atom is 0.00672 e. The second kappa shape index (κ2) is 4.80. The van der Waals surface area contributed by atoms with E-state index in [0.29, 0.717) is 6.04 Å². The first-order valence-corrected chi connectivity index (χ1v) is 6.07. The fourth-order valence-corrected chi connectivity index (χ4v) is 2.17. The first-order chi connectivity index (χ1) is 7.25. The van der Waals surface area contributed by atoms with Gasteiger partial charge in [0, 0.05) is 6.04 Å². The number of nitrogens with two attached hydrogens (primary N) is 1. The highest BCUT2D eigenvalue weighted by molar-refractivity contribution is 5.22. The topological polar surface area (TPSA) is 26.0 Å². The quantitative estimate of drug-likeness (QED) is 0.782. The predicted octanol–water partition coefficient (Wildman–Crippen LogP) is 3.06. The molecule has 1 aromatic rings. The van der Waals surface area contributed by atoms with Gasteiger partial charge in [0.25, 0.3) is 0 Å². The number of rotatable bonds is 5. The third-order valence-corrected chi connectivity index (χ3v) is 3.31. The highest BCUT2D eigenvalue weighted by atomic mass is 14.7. The van der Waals surface area contributed by atoms with Crippen LogP contribution in [0.2, 0.25) is 0 Å². The Hall–Kier alpha value is -0.820. The molecule has 1 unspecified atom stereocenters. The molecule has 0 bridgehead atoms. The average molecular weight is 203 g/mol. The zero-order valence-electron chi connectivity index (χ0n) is 9.58. The van der Waals surface area contributed by atoms with E-state index in [4.69, 9.17) is 5.73 Å². The van der Waals surface area contributed by atoms with Crippen molar-refractivity contribution in [3.05, 3.63) is 35.4 Å². The molecule has 0 radical (unpaired) electrons. The summed E-state index contributed by atoms with van der Waals surface area (Å²) in [4.78, 5) is 0. The van der Waals surface area contributed by atoms with Gasteiger partial charge in [-0.15, -0.1) is 0 Å². The van der Waals surface area contributed by atoms with Crippen molar-refractivity contribution >= 4 is 0 Å². The van der Waals surface area contributed by atoms with Gasteiger partial charge in [0.05, 0.1) is 0 Å². The molecule has 0 amide bonds. The second-order valence-electron chi connectivity index (χ2n) is 4.88. The summed E-state index contributed by atoms with van der Waals surface area (Å²) >= 11 is 0. The van der Waals surface area contributed by atoms with Crippen molar-refractivity contribution in [3.63, 3.8) is 0 Å². The minimum absolute atomic E-state index is 0.467. The van der Waals surface area contributed by atoms with Crippen LogP contribution in [0.5, 0.6) is 0 Å². The Morgan fingerprint density at radius 2 is 2.20 bits per heavy atom. The zero-order chi connectivity index (χ0) is 10.7. The molecule has 0 aromatic heterocycles. The number of hydrogen-bond acceptors (Lipinski definition) is 1. The lowest BCUT2D eigenvalue weighted by Gasteiger charge is -2.09. The van der Waals surface area contributed by atoms with Gasteiger partial charge in [-0.3, -0.25) is 0 Å². The molecule has 15 heavy (non-hydrogen) atoms. The van der Waals surface area contributed by atoms with Crippen molar-refractivity contribution in [1.29, 1.82) is 0 Å². The van der Waals surface area contributed by atoms with E-state index >= 15 is 0 Å². The summed E-state index contributed by atoms with van der Waals surface area (Å²) in [5.74, 6) is 0.850. The summed E-state index contributed by atoms with van der Waals surface area (Å²) in [7, 11) is 0. The summed E-state index contributed by atoms with van der Waals surface area (Å²) in [5, 5.41) is 0. The SMILES string of the molecule is Cc1cccc(CCCC(N)C2CC2)c1. The molecule has 0 heterocycles. The van der Waals surface area contributed by atoms with Crippen LogP contribution in [0.3, 0.4) is 0 Å². The lowest BCUT2D eigenvalue weighted by atomic mass is 10.0. The lowest BCUT2D eigenvalue weighted by Crippen LogP contribution is -2.22. The third kappa shape index (κ3) is 3.35. The summed E-state index contributed by atoms with van der Waals surface area (Å²) < 4.78 is 0. The monoisotopic (exact) mass is 203 g/mol. The summed E-state index contributed by atoms with van der Waals surface area (Å²) in [5.41, 5.74) is 8.89. The second-order valence-corrected chi connectivity index (χ2v) is 4.88. The fourth-order valence-electron chi connectivity index (χ4n) is 2.17. The van der Waals surface area contributed by atoms with Gasteiger partial charge < -0.3 is 5.73 Å². The molecule has 0 saturated heterocycles. The van der Waals surface area contributed by atoms with Crippen LogP contribution in [0.4, 0.5) is 0 Å². The molecule has 2 N–H and O–H groups in total. The van der Waals surface area contributed by atoms with Gasteiger partial charge in [-0.25, -0.2) is 0 Å². The minimum Gasteiger partial charge on any atom is -0.327 e. The van der Waals surface area contributed by atoms with E-state index in [1.165, 1.54) is 43.2 Å². The maximum atomic E-state index is 6.07. The minimum atomic E-state index is 0.467. The number of benzene rings is 1. The first-order valence-electron chi connectivity index (χ1n) is 6.07. The van der Waals surface area contributed by atoms with E-state index in [1.807, 2.05) is 0 Å². The Bertz CT molecular complexity index is 315. The van der Waals surface area contributed by atoms with E-state index in [0.717, 1.165) is 5.92 Å². The molecule has 1 atom stereocenters. The molecule has 82 valence electrons. The molecular weight excluding hydrogens is 182 g/mol. The molecule has 1 saturated carbocycles. The van der Waals surface area contributed by atoms with E-state index in [2.05, 4.69) is 31.2 Å². The zero-order valence-corrected chi connectivity index (χ0v) is 9.58. The Kier molecular flexibility index (Phi) is 3.42. The van der Waals surface area contributed by atoms with Gasteiger partial charge in [0.15, 0.2) is 0 Å². The molecule has 1 heteroatoms. The summed E-state index contributed by atoms with van der Waals surface area (Å²) in [6, 6.07) is 9.26. The summed E-state index contributed by atoms with van der Waals surface area (Å²) in [6.07, 6.45) is 6.35. The smallest absolute Gasteiger partial charge is 0.00672 e. The van der Waals surface area contributed by atoms with E-state index < -0.39 is 0 Å². The Balaban J connectivity index is 1.73. The average Bonchev–Trinajstić information content (AvgIpc) is 3.00. The summed E-state index contributed by atoms with van der Waals surface area (Å²) in [6.45, 7) is 2.15. The molecule has 2 rings (SSSR count). The first kappa shape index (κ1) is 10.7. The third-order valence-electron chi connectivity index (χ3n) is 3.31. The van der Waals surface area contributed by atoms with Gasteiger partial charge >= 0.3 is 0 Å². The molecule has 0 aliphatic heterocycles. The highest BCUT2D eigenvalue weighted by Crippen LogP contribution is 2.33. The Labute approximate surface area is 92.7 Å². The maximum absolute atomic E-state index is 6.07. The van der Waals surface area contributed by atoms with Crippen molar-refractivity contribution in [3.8, 4) is 0 Å². The standard InChI is InChI=1S/C14H21N/c1-11-4-2-5-12(10-11)6-3-7-14(15)13-8-9-13/h2,4-5,10,13-14H,3,6-9,15H2,1H3. The van der Waals surface area contributed by atoms with Gasteiger partial charge in [-0.1, -0.05) is 29.8 Å². The normalized spacial score (nSPS) is 17.7. The van der Waals surface area contributed by atoms with Gasteiger partial charge in [-0.05, 0) is 50.5 Å². The number of aryl methyl sites for hydroxylation is 2. The largest absolute Gasteiger partial charge is 0.327 e. The lowest BCUT2D eigenvalue weighted by molar-refractivity contribution is 0.528. The van der Waals surface area contributed by atoms with Crippen molar-refractivity contribution in [2.24, 2.45) is 11.7 Å². The van der Waals surface area contributed by atoms with Gasteiger partial charge in [-0.2, -0.15) is 0 Å². The van der Waals surface area contributed by atoms with Crippen LogP contribution >= 0.6 is 0 Å². The molecule has 1 aliphatic carbocycles. The molecular formula is C14H21N. The van der Waals surface area contributed by atoms with Crippen LogP contribution in [-0.4, -0.2) is 6.04 Å². The van der Waals surface area contributed by atoms with E-state index in [9.17, 15) is 0 Å². The van der Waals surface area contributed by atoms with Crippen molar-refractivity contribution in [2.75, 3.05) is 0 Å². The predicted molar refractivity (Wildman–Crippen MR) is 64.8 cm³/mol. The van der Waals surface area contributed by atoms with Crippen LogP contribution in [0.15, 0.2) is 24.3 Å². The molecule has 1 nitrogen and oxygen atoms in total. The van der Waals surface area contributed by atoms with Crippen LogP contribution in [0.25, 0.3) is 0 Å². The molecule has 1 aromatic carbocycles. The van der Waals surface area contributed by atoms with Crippen molar-refractivity contribution in [1.82, 2.24) is 0 Å². The Morgan fingerprint density at radius 1 is 1.40 bits per heavy atom. The van der Waals surface area contributed by atoms with E-state index in [-0.39, 0.29) is 0 Å². The van der Waals surface area contributed by atoms with Crippen LogP contribution < -0.4 is 5.73 Å². The molecule has 1 fully saturated rings. The number of hydrogen-bond donors (Lipinski definition) is 1. The van der Waals surface area contributed by atoms with Crippen LogP contribution in [0.1, 0.15) is 36.8 Å². The van der Waals surface area contributed by atoms with Gasteiger partial charge in [0.1, 0.15) is 0 Å². The van der Waals surface area contributed by atoms with Crippen molar-refractivity contribution < 1.29 is 0 Å². The van der Waals surface area contributed by atoms with Crippen molar-refractivity contribution in [2.45, 2.75) is 45.1 Å².